The van der Waals surface area contributed by atoms with Crippen LogP contribution in [-0.2, 0) is 8.85 Å². The lowest BCUT2D eigenvalue weighted by Crippen LogP contribution is -2.52. The summed E-state index contributed by atoms with van der Waals surface area (Å²) in [5.74, 6) is -10.5. The zero-order valence-corrected chi connectivity index (χ0v) is 14.0. The van der Waals surface area contributed by atoms with Crippen LogP contribution in [0.15, 0.2) is 0 Å². The molecule has 0 aromatic heterocycles. The molecule has 0 aliphatic carbocycles. The van der Waals surface area contributed by atoms with Crippen LogP contribution in [-0.4, -0.2) is 32.0 Å². The summed E-state index contributed by atoms with van der Waals surface area (Å²) in [7, 11) is -3.94. The van der Waals surface area contributed by atoms with Crippen LogP contribution in [0.3, 0.4) is 0 Å². The van der Waals surface area contributed by atoms with Crippen molar-refractivity contribution in [2.45, 2.75) is 39.9 Å². The summed E-state index contributed by atoms with van der Waals surface area (Å²) >= 11 is 0. The number of rotatable bonds is 7. The molecule has 0 aliphatic rings. The molecule has 2 N–H and O–H groups in total. The summed E-state index contributed by atoms with van der Waals surface area (Å²) in [6.45, 7) is 6.39. The van der Waals surface area contributed by atoms with Gasteiger partial charge in [-0.25, -0.2) is 22.0 Å². The Morgan fingerprint density at radius 3 is 1.52 bits per heavy atom. The average Bonchev–Trinajstić information content (AvgIpc) is 2.41. The number of halogens is 5. The SMILES string of the molecule is CC(C)O[Si](O)(CNc1c(F)c(F)c(F)c(F)c1F)OC(C)C. The highest BCUT2D eigenvalue weighted by Crippen LogP contribution is 2.27. The molecule has 1 aromatic carbocycles. The van der Waals surface area contributed by atoms with Crippen molar-refractivity contribution >= 4 is 14.5 Å². The van der Waals surface area contributed by atoms with E-state index in [0.717, 1.165) is 0 Å². The van der Waals surface area contributed by atoms with E-state index in [2.05, 4.69) is 0 Å². The summed E-state index contributed by atoms with van der Waals surface area (Å²) in [6.07, 6.45) is -1.56. The fourth-order valence-corrected chi connectivity index (χ4v) is 3.90. The molecule has 132 valence electrons. The molecule has 0 atom stereocenters. The molecule has 0 heterocycles. The van der Waals surface area contributed by atoms with E-state index in [1.54, 1.807) is 27.7 Å². The third kappa shape index (κ3) is 4.87. The molecule has 0 spiro atoms. The van der Waals surface area contributed by atoms with Gasteiger partial charge >= 0.3 is 8.80 Å². The van der Waals surface area contributed by atoms with Gasteiger partial charge in [0, 0.05) is 12.2 Å². The Morgan fingerprint density at radius 1 is 0.826 bits per heavy atom. The molecular weight excluding hydrogens is 341 g/mol. The number of benzene rings is 1. The normalized spacial score (nSPS) is 12.3. The van der Waals surface area contributed by atoms with Gasteiger partial charge in [-0.05, 0) is 27.7 Å². The third-order valence-electron chi connectivity index (χ3n) is 2.54. The van der Waals surface area contributed by atoms with Crippen molar-refractivity contribution in [3.63, 3.8) is 0 Å². The molecule has 1 aromatic rings. The smallest absolute Gasteiger partial charge is 0.389 e. The van der Waals surface area contributed by atoms with Crippen LogP contribution in [0, 0.1) is 29.1 Å². The van der Waals surface area contributed by atoms with E-state index in [9.17, 15) is 26.7 Å². The van der Waals surface area contributed by atoms with Gasteiger partial charge in [0.1, 0.15) is 5.69 Å². The van der Waals surface area contributed by atoms with Gasteiger partial charge in [0.15, 0.2) is 23.3 Å². The van der Waals surface area contributed by atoms with Crippen LogP contribution < -0.4 is 5.32 Å². The van der Waals surface area contributed by atoms with Gasteiger partial charge in [0.05, 0.1) is 6.17 Å². The Labute approximate surface area is 131 Å². The molecule has 0 radical (unpaired) electrons. The zero-order valence-electron chi connectivity index (χ0n) is 13.0. The summed E-state index contributed by atoms with van der Waals surface area (Å²) in [5, 5.41) is 2.01. The van der Waals surface area contributed by atoms with E-state index in [4.69, 9.17) is 8.85 Å². The minimum Gasteiger partial charge on any atom is -0.389 e. The lowest BCUT2D eigenvalue weighted by molar-refractivity contribution is 0.0501. The summed E-state index contributed by atoms with van der Waals surface area (Å²) in [5.41, 5.74) is -1.24. The van der Waals surface area contributed by atoms with Crippen LogP contribution in [0.25, 0.3) is 0 Å². The molecule has 23 heavy (non-hydrogen) atoms. The summed E-state index contributed by atoms with van der Waals surface area (Å²) in [6, 6.07) is 0. The summed E-state index contributed by atoms with van der Waals surface area (Å²) < 4.78 is 76.8. The molecule has 0 bridgehead atoms. The van der Waals surface area contributed by atoms with E-state index in [1.165, 1.54) is 0 Å². The Kier molecular flexibility index (Phi) is 6.51. The van der Waals surface area contributed by atoms with Gasteiger partial charge in [-0.3, -0.25) is 0 Å². The van der Waals surface area contributed by atoms with Crippen LogP contribution in [0.4, 0.5) is 27.6 Å². The first kappa shape index (κ1) is 19.8. The van der Waals surface area contributed by atoms with Crippen molar-refractivity contribution in [1.82, 2.24) is 0 Å². The maximum Gasteiger partial charge on any atom is 0.518 e. The maximum absolute atomic E-state index is 13.6. The number of hydrogen-bond donors (Lipinski definition) is 2. The van der Waals surface area contributed by atoms with Gasteiger partial charge in [0.2, 0.25) is 5.82 Å². The van der Waals surface area contributed by atoms with Crippen molar-refractivity contribution in [2.24, 2.45) is 0 Å². The van der Waals surface area contributed by atoms with E-state index in [-0.39, 0.29) is 0 Å². The second-order valence-corrected chi connectivity index (χ2v) is 7.59. The predicted molar refractivity (Wildman–Crippen MR) is 75.1 cm³/mol. The van der Waals surface area contributed by atoms with Gasteiger partial charge in [-0.2, -0.15) is 0 Å². The predicted octanol–water partition coefficient (Wildman–Crippen LogP) is 3.11. The molecule has 0 saturated carbocycles. The molecule has 0 fully saturated rings. The molecule has 0 saturated heterocycles. The van der Waals surface area contributed by atoms with Crippen molar-refractivity contribution in [3.05, 3.63) is 29.1 Å². The first-order valence-corrected chi connectivity index (χ1v) is 8.79. The fraction of sp³-hybridized carbons (Fsp3) is 0.538. The van der Waals surface area contributed by atoms with Crippen molar-refractivity contribution in [1.29, 1.82) is 0 Å². The van der Waals surface area contributed by atoms with Crippen LogP contribution in [0.2, 0.25) is 0 Å². The quantitative estimate of drug-likeness (QED) is 0.340. The van der Waals surface area contributed by atoms with E-state index in [0.29, 0.717) is 0 Å². The largest absolute Gasteiger partial charge is 0.518 e. The first-order valence-electron chi connectivity index (χ1n) is 6.81. The van der Waals surface area contributed by atoms with Gasteiger partial charge < -0.3 is 19.0 Å². The highest BCUT2D eigenvalue weighted by Gasteiger charge is 2.40. The van der Waals surface area contributed by atoms with Gasteiger partial charge in [0.25, 0.3) is 0 Å². The minimum atomic E-state index is -3.94. The third-order valence-corrected chi connectivity index (χ3v) is 4.84. The Bertz CT molecular complexity index is 532. The monoisotopic (exact) mass is 359 g/mol. The lowest BCUT2D eigenvalue weighted by atomic mass is 10.2. The van der Waals surface area contributed by atoms with Crippen molar-refractivity contribution in [2.75, 3.05) is 11.5 Å². The zero-order chi connectivity index (χ0) is 17.9. The Balaban J connectivity index is 3.07. The summed E-state index contributed by atoms with van der Waals surface area (Å²) in [4.78, 5) is 10.3. The highest BCUT2D eigenvalue weighted by molar-refractivity contribution is 6.60. The van der Waals surface area contributed by atoms with Gasteiger partial charge in [-0.1, -0.05) is 0 Å². The number of nitrogens with one attached hydrogen (secondary N) is 1. The average molecular weight is 359 g/mol. The molecule has 10 heteroatoms. The molecule has 0 unspecified atom stereocenters. The van der Waals surface area contributed by atoms with Crippen molar-refractivity contribution in [3.8, 4) is 0 Å². The molecule has 1 rings (SSSR count). The second kappa shape index (κ2) is 7.56. The van der Waals surface area contributed by atoms with Gasteiger partial charge in [-0.15, -0.1) is 0 Å². The molecule has 0 aliphatic heterocycles. The molecule has 4 nitrogen and oxygen atoms in total. The van der Waals surface area contributed by atoms with Crippen LogP contribution in [0.1, 0.15) is 27.7 Å². The Morgan fingerprint density at radius 2 is 1.17 bits per heavy atom. The Hall–Kier alpha value is -1.23. The standard InChI is InChI=1S/C13H18F5NO3Si/c1-6(2)21-23(20,22-7(3)4)5-19-13-11(17)9(15)8(14)10(16)12(13)18/h6-7,19-20H,5H2,1-4H3. The number of hydrogen-bond acceptors (Lipinski definition) is 4. The van der Waals surface area contributed by atoms with E-state index in [1.807, 2.05) is 5.32 Å². The highest BCUT2D eigenvalue weighted by atomic mass is 28.4. The lowest BCUT2D eigenvalue weighted by Gasteiger charge is -2.28. The van der Waals surface area contributed by atoms with E-state index >= 15 is 0 Å². The maximum atomic E-state index is 13.6. The minimum absolute atomic E-state index is 0.469. The second-order valence-electron chi connectivity index (χ2n) is 5.34. The fourth-order valence-electron chi connectivity index (χ4n) is 1.81. The van der Waals surface area contributed by atoms with Crippen LogP contribution in [0.5, 0.6) is 0 Å². The van der Waals surface area contributed by atoms with Crippen LogP contribution >= 0.6 is 0 Å². The first-order chi connectivity index (χ1) is 10.5. The number of anilines is 1. The van der Waals surface area contributed by atoms with E-state index < -0.39 is 62.0 Å². The molecular formula is C13H18F5NO3Si. The topological polar surface area (TPSA) is 50.7 Å². The van der Waals surface area contributed by atoms with Crippen molar-refractivity contribution < 1.29 is 35.6 Å². The molecule has 0 amide bonds.